The molecule has 1 aromatic heterocycles. The molecule has 0 radical (unpaired) electrons. The molecule has 0 amide bonds. The zero-order valence-electron chi connectivity index (χ0n) is 13.2. The number of nitrogens with zero attached hydrogens (tertiary/aromatic N) is 2. The Morgan fingerprint density at radius 1 is 0.885 bits per heavy atom. The smallest absolute Gasteiger partial charge is 0.277 e. The molecule has 7 nitrogen and oxygen atoms in total. The van der Waals surface area contributed by atoms with Crippen LogP contribution in [0.2, 0.25) is 0 Å². The SMILES string of the molecule is Brc1cc2c(cc1CSc1nnc(-c3ccc4c(c3)OCO4)o1)OCO2. The highest BCUT2D eigenvalue weighted by Crippen LogP contribution is 2.39. The van der Waals surface area contributed by atoms with E-state index in [0.29, 0.717) is 22.6 Å². The number of halogens is 1. The van der Waals surface area contributed by atoms with Gasteiger partial charge in [-0.1, -0.05) is 27.7 Å². The second-order valence-corrected chi connectivity index (χ2v) is 7.31. The lowest BCUT2D eigenvalue weighted by Crippen LogP contribution is -1.92. The first-order valence-electron chi connectivity index (χ1n) is 7.70. The highest BCUT2D eigenvalue weighted by atomic mass is 79.9. The maximum absolute atomic E-state index is 5.76. The fourth-order valence-corrected chi connectivity index (χ4v) is 4.03. The molecule has 0 atom stereocenters. The van der Waals surface area contributed by atoms with Crippen LogP contribution in [-0.4, -0.2) is 23.8 Å². The molecule has 5 rings (SSSR count). The average Bonchev–Trinajstić information content (AvgIpc) is 3.38. The molecule has 0 N–H and O–H groups in total. The molecule has 2 aromatic carbocycles. The number of aromatic nitrogens is 2. The molecule has 3 heterocycles. The first-order valence-corrected chi connectivity index (χ1v) is 9.48. The zero-order valence-corrected chi connectivity index (χ0v) is 15.6. The van der Waals surface area contributed by atoms with E-state index < -0.39 is 0 Å². The van der Waals surface area contributed by atoms with Gasteiger partial charge in [0, 0.05) is 15.8 Å². The summed E-state index contributed by atoms with van der Waals surface area (Å²) >= 11 is 5.00. The molecule has 0 unspecified atom stereocenters. The standard InChI is InChI=1S/C17H11BrN2O5S/c18-11-5-15-14(23-8-24-15)4-10(11)6-26-17-20-19-16(25-17)9-1-2-12-13(3-9)22-7-21-12/h1-5H,6-8H2. The van der Waals surface area contributed by atoms with E-state index in [9.17, 15) is 0 Å². The van der Waals surface area contributed by atoms with Gasteiger partial charge in [0.2, 0.25) is 19.5 Å². The number of benzene rings is 2. The molecule has 0 spiro atoms. The molecular formula is C17H11BrN2O5S. The lowest BCUT2D eigenvalue weighted by Gasteiger charge is -2.04. The van der Waals surface area contributed by atoms with Gasteiger partial charge in [0.25, 0.3) is 5.22 Å². The second-order valence-electron chi connectivity index (χ2n) is 5.53. The molecule has 26 heavy (non-hydrogen) atoms. The Labute approximate surface area is 160 Å². The summed E-state index contributed by atoms with van der Waals surface area (Å²) in [7, 11) is 0. The minimum atomic E-state index is 0.230. The number of rotatable bonds is 4. The molecule has 3 aromatic rings. The van der Waals surface area contributed by atoms with E-state index >= 15 is 0 Å². The lowest BCUT2D eigenvalue weighted by molar-refractivity contribution is 0.173. The van der Waals surface area contributed by atoms with Crippen molar-refractivity contribution in [2.24, 2.45) is 0 Å². The number of hydrogen-bond acceptors (Lipinski definition) is 8. The fourth-order valence-electron chi connectivity index (χ4n) is 2.62. The topological polar surface area (TPSA) is 75.8 Å². The quantitative estimate of drug-likeness (QED) is 0.564. The van der Waals surface area contributed by atoms with Crippen LogP contribution in [0.25, 0.3) is 11.5 Å². The van der Waals surface area contributed by atoms with Crippen LogP contribution >= 0.6 is 27.7 Å². The van der Waals surface area contributed by atoms with E-state index in [4.69, 9.17) is 23.4 Å². The maximum atomic E-state index is 5.76. The molecule has 2 aliphatic rings. The van der Waals surface area contributed by atoms with Gasteiger partial charge >= 0.3 is 0 Å². The third-order valence-electron chi connectivity index (χ3n) is 3.92. The third kappa shape index (κ3) is 2.86. The van der Waals surface area contributed by atoms with E-state index in [-0.39, 0.29) is 13.6 Å². The van der Waals surface area contributed by atoms with Crippen LogP contribution in [0.5, 0.6) is 23.0 Å². The van der Waals surface area contributed by atoms with Crippen molar-refractivity contribution in [1.82, 2.24) is 10.2 Å². The van der Waals surface area contributed by atoms with Crippen LogP contribution in [0, 0.1) is 0 Å². The Morgan fingerprint density at radius 2 is 1.62 bits per heavy atom. The summed E-state index contributed by atoms with van der Waals surface area (Å²) in [6, 6.07) is 9.39. The van der Waals surface area contributed by atoms with Gasteiger partial charge in [-0.2, -0.15) is 0 Å². The summed E-state index contributed by atoms with van der Waals surface area (Å²) in [5.41, 5.74) is 1.85. The maximum Gasteiger partial charge on any atom is 0.277 e. The van der Waals surface area contributed by atoms with Crippen LogP contribution in [-0.2, 0) is 5.75 Å². The Kier molecular flexibility index (Phi) is 3.90. The molecule has 9 heteroatoms. The van der Waals surface area contributed by atoms with E-state index in [1.54, 1.807) is 0 Å². The van der Waals surface area contributed by atoms with Gasteiger partial charge in [0.05, 0.1) is 0 Å². The van der Waals surface area contributed by atoms with Crippen molar-refractivity contribution >= 4 is 27.7 Å². The fraction of sp³-hybridized carbons (Fsp3) is 0.176. The van der Waals surface area contributed by atoms with Crippen molar-refractivity contribution in [3.63, 3.8) is 0 Å². The molecular weight excluding hydrogens is 424 g/mol. The predicted octanol–water partition coefficient (Wildman–Crippen LogP) is 4.25. The minimum Gasteiger partial charge on any atom is -0.454 e. The summed E-state index contributed by atoms with van der Waals surface area (Å²) in [6.45, 7) is 0.481. The summed E-state index contributed by atoms with van der Waals surface area (Å²) in [5.74, 6) is 3.98. The van der Waals surface area contributed by atoms with Gasteiger partial charge in [0.15, 0.2) is 23.0 Å². The Hall–Kier alpha value is -2.39. The van der Waals surface area contributed by atoms with E-state index in [2.05, 4.69) is 26.1 Å². The molecule has 0 fully saturated rings. The predicted molar refractivity (Wildman–Crippen MR) is 95.7 cm³/mol. The number of hydrogen-bond donors (Lipinski definition) is 0. The summed E-state index contributed by atoms with van der Waals surface area (Å²) in [6.07, 6.45) is 0. The lowest BCUT2D eigenvalue weighted by atomic mass is 10.2. The molecule has 0 saturated carbocycles. The van der Waals surface area contributed by atoms with Crippen molar-refractivity contribution < 1.29 is 23.4 Å². The van der Waals surface area contributed by atoms with Gasteiger partial charge in [-0.25, -0.2) is 0 Å². The number of ether oxygens (including phenoxy) is 4. The van der Waals surface area contributed by atoms with Gasteiger partial charge in [0.1, 0.15) is 0 Å². The van der Waals surface area contributed by atoms with Gasteiger partial charge in [-0.3, -0.25) is 0 Å². The van der Waals surface area contributed by atoms with Crippen molar-refractivity contribution in [3.05, 3.63) is 40.4 Å². The zero-order chi connectivity index (χ0) is 17.5. The van der Waals surface area contributed by atoms with Gasteiger partial charge in [-0.15, -0.1) is 10.2 Å². The van der Waals surface area contributed by atoms with Gasteiger partial charge in [-0.05, 0) is 35.9 Å². The molecule has 2 aliphatic heterocycles. The summed E-state index contributed by atoms with van der Waals surface area (Å²) in [5, 5.41) is 8.71. The molecule has 0 aliphatic carbocycles. The summed E-state index contributed by atoms with van der Waals surface area (Å²) in [4.78, 5) is 0. The average molecular weight is 435 g/mol. The number of fused-ring (bicyclic) bond motifs is 2. The molecule has 0 bridgehead atoms. The van der Waals surface area contributed by atoms with Crippen LogP contribution in [0.1, 0.15) is 5.56 Å². The normalized spacial score (nSPS) is 14.0. The van der Waals surface area contributed by atoms with Crippen LogP contribution < -0.4 is 18.9 Å². The van der Waals surface area contributed by atoms with E-state index in [1.807, 2.05) is 30.3 Å². The van der Waals surface area contributed by atoms with Crippen LogP contribution in [0.4, 0.5) is 0 Å². The molecule has 0 saturated heterocycles. The Bertz CT molecular complexity index is 993. The van der Waals surface area contributed by atoms with E-state index in [0.717, 1.165) is 32.8 Å². The third-order valence-corrected chi connectivity index (χ3v) is 5.52. The van der Waals surface area contributed by atoms with Crippen LogP contribution in [0.3, 0.4) is 0 Å². The van der Waals surface area contributed by atoms with Crippen molar-refractivity contribution in [1.29, 1.82) is 0 Å². The molecule has 132 valence electrons. The minimum absolute atomic E-state index is 0.230. The van der Waals surface area contributed by atoms with Crippen LogP contribution in [0.15, 0.2) is 44.4 Å². The highest BCUT2D eigenvalue weighted by Gasteiger charge is 2.19. The van der Waals surface area contributed by atoms with E-state index in [1.165, 1.54) is 11.8 Å². The first-order chi connectivity index (χ1) is 12.8. The van der Waals surface area contributed by atoms with Crippen molar-refractivity contribution in [2.75, 3.05) is 13.6 Å². The second kappa shape index (κ2) is 6.40. The van der Waals surface area contributed by atoms with Crippen molar-refractivity contribution in [2.45, 2.75) is 11.0 Å². The number of thioether (sulfide) groups is 1. The summed E-state index contributed by atoms with van der Waals surface area (Å²) < 4.78 is 28.2. The van der Waals surface area contributed by atoms with Crippen molar-refractivity contribution in [3.8, 4) is 34.5 Å². The Morgan fingerprint density at radius 3 is 2.46 bits per heavy atom. The first kappa shape index (κ1) is 15.8. The largest absolute Gasteiger partial charge is 0.454 e. The highest BCUT2D eigenvalue weighted by molar-refractivity contribution is 9.10. The Balaban J connectivity index is 1.32. The van der Waals surface area contributed by atoms with Gasteiger partial charge < -0.3 is 23.4 Å². The monoisotopic (exact) mass is 434 g/mol.